The van der Waals surface area contributed by atoms with Crippen LogP contribution in [0.1, 0.15) is 17.5 Å². The van der Waals surface area contributed by atoms with Gasteiger partial charge in [-0.3, -0.25) is 0 Å². The van der Waals surface area contributed by atoms with Crippen molar-refractivity contribution >= 4 is 17.3 Å². The second-order valence-electron chi connectivity index (χ2n) is 5.23. The zero-order chi connectivity index (χ0) is 14.3. The highest BCUT2D eigenvalue weighted by atomic mass is 32.1. The molecule has 0 aromatic heterocycles. The van der Waals surface area contributed by atoms with Gasteiger partial charge in [0.05, 0.1) is 0 Å². The average Bonchev–Trinajstić information content (AvgIpc) is 2.36. The summed E-state index contributed by atoms with van der Waals surface area (Å²) >= 11 is 5.38. The first-order chi connectivity index (χ1) is 8.99. The summed E-state index contributed by atoms with van der Waals surface area (Å²) in [5, 5.41) is 4.12. The van der Waals surface area contributed by atoms with Gasteiger partial charge in [0.25, 0.3) is 0 Å². The fourth-order valence-electron chi connectivity index (χ4n) is 1.76. The molecule has 0 spiro atoms. The Morgan fingerprint density at radius 3 is 2.37 bits per heavy atom. The maximum absolute atomic E-state index is 5.38. The number of hydrogen-bond acceptors (Lipinski definition) is 2. The minimum Gasteiger partial charge on any atom is -0.363 e. The molecule has 0 amide bonds. The van der Waals surface area contributed by atoms with Crippen molar-refractivity contribution in [3.8, 4) is 0 Å². The lowest BCUT2D eigenvalue weighted by Gasteiger charge is -2.21. The largest absolute Gasteiger partial charge is 0.363 e. The number of benzene rings is 1. The normalized spacial score (nSPS) is 10.6. The number of aryl methyl sites for hydroxylation is 1. The van der Waals surface area contributed by atoms with Crippen LogP contribution in [0.15, 0.2) is 24.3 Å². The predicted octanol–water partition coefficient (Wildman–Crippen LogP) is 2.25. The van der Waals surface area contributed by atoms with Crippen LogP contribution in [-0.2, 0) is 6.54 Å². The van der Waals surface area contributed by atoms with Gasteiger partial charge in [-0.2, -0.15) is 0 Å². The molecule has 0 unspecified atom stereocenters. The van der Waals surface area contributed by atoms with Gasteiger partial charge < -0.3 is 15.1 Å². The van der Waals surface area contributed by atoms with Crippen molar-refractivity contribution in [1.82, 2.24) is 15.1 Å². The summed E-state index contributed by atoms with van der Waals surface area (Å²) in [7, 11) is 6.20. The first-order valence-corrected chi connectivity index (χ1v) is 7.09. The summed E-state index contributed by atoms with van der Waals surface area (Å²) in [5.41, 5.74) is 2.57. The van der Waals surface area contributed by atoms with Crippen LogP contribution in [0.5, 0.6) is 0 Å². The number of nitrogens with zero attached hydrogens (tertiary/aromatic N) is 2. The van der Waals surface area contributed by atoms with Gasteiger partial charge in [-0.15, -0.1) is 0 Å². The maximum Gasteiger partial charge on any atom is 0.168 e. The molecular formula is C15H25N3S. The van der Waals surface area contributed by atoms with Crippen molar-refractivity contribution in [2.24, 2.45) is 0 Å². The Bertz CT molecular complexity index is 387. The quantitative estimate of drug-likeness (QED) is 0.636. The van der Waals surface area contributed by atoms with E-state index in [1.165, 1.54) is 11.1 Å². The molecule has 0 aliphatic heterocycles. The van der Waals surface area contributed by atoms with E-state index in [1.54, 1.807) is 0 Å². The van der Waals surface area contributed by atoms with Gasteiger partial charge in [0.15, 0.2) is 5.11 Å². The maximum atomic E-state index is 5.38. The fourth-order valence-corrected chi connectivity index (χ4v) is 1.93. The minimum atomic E-state index is 0.819. The third-order valence-corrected chi connectivity index (χ3v) is 3.40. The SMILES string of the molecule is Cc1ccc(CN(C)C(=S)NCCCN(C)C)cc1. The fraction of sp³-hybridized carbons (Fsp3) is 0.533. The molecule has 0 aliphatic carbocycles. The molecule has 4 heteroatoms. The molecule has 0 bridgehead atoms. The molecule has 0 fully saturated rings. The summed E-state index contributed by atoms with van der Waals surface area (Å²) in [6, 6.07) is 8.58. The molecule has 1 rings (SSSR count). The molecule has 0 saturated carbocycles. The van der Waals surface area contributed by atoms with Crippen molar-refractivity contribution in [2.45, 2.75) is 19.9 Å². The number of nitrogens with one attached hydrogen (secondary N) is 1. The smallest absolute Gasteiger partial charge is 0.168 e. The van der Waals surface area contributed by atoms with Gasteiger partial charge in [-0.05, 0) is 51.8 Å². The lowest BCUT2D eigenvalue weighted by atomic mass is 10.1. The van der Waals surface area contributed by atoms with Crippen LogP contribution < -0.4 is 5.32 Å². The molecule has 3 nitrogen and oxygen atoms in total. The van der Waals surface area contributed by atoms with Gasteiger partial charge in [-0.1, -0.05) is 29.8 Å². The molecule has 0 radical (unpaired) electrons. The number of hydrogen-bond donors (Lipinski definition) is 1. The summed E-state index contributed by atoms with van der Waals surface area (Å²) in [5.74, 6) is 0. The van der Waals surface area contributed by atoms with E-state index in [4.69, 9.17) is 12.2 Å². The van der Waals surface area contributed by atoms with E-state index < -0.39 is 0 Å². The Morgan fingerprint density at radius 2 is 1.79 bits per heavy atom. The molecule has 106 valence electrons. The highest BCUT2D eigenvalue weighted by molar-refractivity contribution is 7.80. The van der Waals surface area contributed by atoms with Crippen molar-refractivity contribution < 1.29 is 0 Å². The molecule has 19 heavy (non-hydrogen) atoms. The minimum absolute atomic E-state index is 0.819. The zero-order valence-corrected chi connectivity index (χ0v) is 13.3. The standard InChI is InChI=1S/C15H25N3S/c1-13-6-8-14(9-7-13)12-18(4)15(19)16-10-5-11-17(2)3/h6-9H,5,10-12H2,1-4H3,(H,16,19). The van der Waals surface area contributed by atoms with Crippen LogP contribution >= 0.6 is 12.2 Å². The Morgan fingerprint density at radius 1 is 1.16 bits per heavy atom. The van der Waals surface area contributed by atoms with Crippen molar-refractivity contribution in [2.75, 3.05) is 34.2 Å². The van der Waals surface area contributed by atoms with Crippen LogP contribution in [0, 0.1) is 6.92 Å². The molecule has 0 atom stereocenters. The summed E-state index contributed by atoms with van der Waals surface area (Å²) in [6.45, 7) is 4.96. The van der Waals surface area contributed by atoms with E-state index in [-0.39, 0.29) is 0 Å². The van der Waals surface area contributed by atoms with E-state index in [9.17, 15) is 0 Å². The van der Waals surface area contributed by atoms with E-state index in [0.29, 0.717) is 0 Å². The molecular weight excluding hydrogens is 254 g/mol. The van der Waals surface area contributed by atoms with Gasteiger partial charge in [0.2, 0.25) is 0 Å². The summed E-state index contributed by atoms with van der Waals surface area (Å²) in [6.07, 6.45) is 1.10. The lowest BCUT2D eigenvalue weighted by molar-refractivity contribution is 0.397. The second-order valence-corrected chi connectivity index (χ2v) is 5.62. The third-order valence-electron chi connectivity index (χ3n) is 2.95. The highest BCUT2D eigenvalue weighted by Gasteiger charge is 2.04. The topological polar surface area (TPSA) is 18.5 Å². The Labute approximate surface area is 122 Å². The van der Waals surface area contributed by atoms with E-state index in [0.717, 1.165) is 31.2 Å². The Hall–Kier alpha value is -1.13. The second kappa shape index (κ2) is 8.12. The molecule has 1 aromatic carbocycles. The van der Waals surface area contributed by atoms with Crippen LogP contribution in [-0.4, -0.2) is 49.1 Å². The molecule has 0 aliphatic rings. The van der Waals surface area contributed by atoms with Crippen LogP contribution in [0.3, 0.4) is 0 Å². The van der Waals surface area contributed by atoms with Crippen molar-refractivity contribution in [3.05, 3.63) is 35.4 Å². The first-order valence-electron chi connectivity index (χ1n) is 6.68. The lowest BCUT2D eigenvalue weighted by Crippen LogP contribution is -2.37. The highest BCUT2D eigenvalue weighted by Crippen LogP contribution is 2.05. The third kappa shape index (κ3) is 6.55. The number of rotatable bonds is 6. The molecule has 0 saturated heterocycles. The average molecular weight is 279 g/mol. The van der Waals surface area contributed by atoms with E-state index in [1.807, 2.05) is 7.05 Å². The van der Waals surface area contributed by atoms with Gasteiger partial charge in [-0.25, -0.2) is 0 Å². The monoisotopic (exact) mass is 279 g/mol. The van der Waals surface area contributed by atoms with Crippen molar-refractivity contribution in [1.29, 1.82) is 0 Å². The molecule has 0 heterocycles. The van der Waals surface area contributed by atoms with Crippen LogP contribution in [0.25, 0.3) is 0 Å². The van der Waals surface area contributed by atoms with Crippen LogP contribution in [0.4, 0.5) is 0 Å². The Kier molecular flexibility index (Phi) is 6.81. The van der Waals surface area contributed by atoms with E-state index >= 15 is 0 Å². The van der Waals surface area contributed by atoms with Gasteiger partial charge in [0.1, 0.15) is 0 Å². The number of thiocarbonyl (C=S) groups is 1. The van der Waals surface area contributed by atoms with Gasteiger partial charge in [0, 0.05) is 20.1 Å². The zero-order valence-electron chi connectivity index (χ0n) is 12.4. The summed E-state index contributed by atoms with van der Waals surface area (Å²) < 4.78 is 0. The summed E-state index contributed by atoms with van der Waals surface area (Å²) in [4.78, 5) is 4.26. The first kappa shape index (κ1) is 15.9. The molecule has 1 N–H and O–H groups in total. The van der Waals surface area contributed by atoms with E-state index in [2.05, 4.69) is 60.4 Å². The van der Waals surface area contributed by atoms with Crippen LogP contribution in [0.2, 0.25) is 0 Å². The van der Waals surface area contributed by atoms with Gasteiger partial charge >= 0.3 is 0 Å². The molecule has 1 aromatic rings. The Balaban J connectivity index is 2.30. The predicted molar refractivity (Wildman–Crippen MR) is 86.4 cm³/mol. The van der Waals surface area contributed by atoms with Crippen molar-refractivity contribution in [3.63, 3.8) is 0 Å².